The zero-order valence-corrected chi connectivity index (χ0v) is 13.5. The second kappa shape index (κ2) is 5.70. The molecule has 0 unspecified atom stereocenters. The lowest BCUT2D eigenvalue weighted by molar-refractivity contribution is 0.572. The molecule has 3 aromatic heterocycles. The van der Waals surface area contributed by atoms with Crippen LogP contribution in [0.15, 0.2) is 42.7 Å². The molecular formula is C18H13F2N5. The number of aromatic nitrogens is 5. The number of nitrogens with zero attached hydrogens (tertiary/aromatic N) is 5. The van der Waals surface area contributed by atoms with Crippen molar-refractivity contribution in [2.45, 2.75) is 13.8 Å². The summed E-state index contributed by atoms with van der Waals surface area (Å²) in [5, 5.41) is 13.5. The summed E-state index contributed by atoms with van der Waals surface area (Å²) in [6.45, 7) is 3.63. The maximum atomic E-state index is 14.2. The molecule has 0 fully saturated rings. The molecule has 5 nitrogen and oxygen atoms in total. The first-order valence-corrected chi connectivity index (χ1v) is 7.64. The van der Waals surface area contributed by atoms with E-state index in [1.54, 1.807) is 12.4 Å². The fourth-order valence-corrected chi connectivity index (χ4v) is 2.97. The third-order valence-corrected chi connectivity index (χ3v) is 4.10. The van der Waals surface area contributed by atoms with Gasteiger partial charge in [0.15, 0.2) is 5.82 Å². The molecule has 0 N–H and O–H groups in total. The van der Waals surface area contributed by atoms with Gasteiger partial charge in [0.1, 0.15) is 17.2 Å². The summed E-state index contributed by atoms with van der Waals surface area (Å²) >= 11 is 0. The van der Waals surface area contributed by atoms with Gasteiger partial charge in [-0.05, 0) is 38.1 Å². The van der Waals surface area contributed by atoms with Crippen LogP contribution in [-0.4, -0.2) is 25.0 Å². The van der Waals surface area contributed by atoms with Crippen LogP contribution in [0.1, 0.15) is 11.4 Å². The Morgan fingerprint density at radius 1 is 1.08 bits per heavy atom. The molecule has 1 aromatic carbocycles. The number of pyridine rings is 1. The summed E-state index contributed by atoms with van der Waals surface area (Å²) in [6, 6.07) is 7.14. The molecule has 0 amide bonds. The Morgan fingerprint density at radius 2 is 1.92 bits per heavy atom. The fourth-order valence-electron chi connectivity index (χ4n) is 2.97. The van der Waals surface area contributed by atoms with Crippen LogP contribution in [0.4, 0.5) is 8.78 Å². The summed E-state index contributed by atoms with van der Waals surface area (Å²) < 4.78 is 28.8. The van der Waals surface area contributed by atoms with Gasteiger partial charge >= 0.3 is 0 Å². The number of rotatable bonds is 2. The van der Waals surface area contributed by atoms with E-state index in [9.17, 15) is 8.78 Å². The monoisotopic (exact) mass is 337 g/mol. The molecule has 0 spiro atoms. The molecular weight excluding hydrogens is 324 g/mol. The molecule has 0 saturated carbocycles. The quantitative estimate of drug-likeness (QED) is 0.559. The van der Waals surface area contributed by atoms with Crippen molar-refractivity contribution in [2.75, 3.05) is 0 Å². The molecule has 7 heteroatoms. The number of hydrogen-bond acceptors (Lipinski definition) is 4. The molecule has 0 atom stereocenters. The van der Waals surface area contributed by atoms with Crippen LogP contribution in [-0.2, 0) is 0 Å². The minimum atomic E-state index is -0.678. The summed E-state index contributed by atoms with van der Waals surface area (Å²) in [5.41, 5.74) is 3.65. The Balaban J connectivity index is 1.97. The van der Waals surface area contributed by atoms with E-state index >= 15 is 0 Å². The number of fused-ring (bicyclic) bond motifs is 1. The van der Waals surface area contributed by atoms with Gasteiger partial charge in [0.25, 0.3) is 0 Å². The maximum absolute atomic E-state index is 14.2. The molecule has 0 bridgehead atoms. The topological polar surface area (TPSA) is 56.5 Å². The first-order valence-electron chi connectivity index (χ1n) is 7.64. The zero-order valence-electron chi connectivity index (χ0n) is 13.5. The molecule has 0 saturated heterocycles. The molecule has 4 rings (SSSR count). The molecule has 0 radical (unpaired) electrons. The van der Waals surface area contributed by atoms with Crippen molar-refractivity contribution in [2.24, 2.45) is 0 Å². The second-order valence-electron chi connectivity index (χ2n) is 5.68. The highest BCUT2D eigenvalue weighted by molar-refractivity contribution is 5.92. The number of halogens is 2. The molecule has 124 valence electrons. The second-order valence-corrected chi connectivity index (χ2v) is 5.68. The van der Waals surface area contributed by atoms with Crippen molar-refractivity contribution in [3.05, 3.63) is 65.7 Å². The van der Waals surface area contributed by atoms with Crippen LogP contribution >= 0.6 is 0 Å². The van der Waals surface area contributed by atoms with Crippen molar-refractivity contribution < 1.29 is 8.78 Å². The molecule has 4 aromatic rings. The minimum absolute atomic E-state index is 0.180. The Hall–Kier alpha value is -3.22. The van der Waals surface area contributed by atoms with E-state index in [0.717, 1.165) is 17.0 Å². The highest BCUT2D eigenvalue weighted by Crippen LogP contribution is 2.31. The van der Waals surface area contributed by atoms with E-state index in [0.29, 0.717) is 22.6 Å². The summed E-state index contributed by atoms with van der Waals surface area (Å²) in [4.78, 5) is 4.28. The van der Waals surface area contributed by atoms with Crippen molar-refractivity contribution >= 4 is 10.9 Å². The largest absolute Gasteiger partial charge is 0.254 e. The lowest BCUT2D eigenvalue weighted by Crippen LogP contribution is -2.03. The smallest absolute Gasteiger partial charge is 0.151 e. The van der Waals surface area contributed by atoms with Gasteiger partial charge in [-0.3, -0.25) is 4.98 Å². The number of benzene rings is 1. The van der Waals surface area contributed by atoms with Gasteiger partial charge in [-0.1, -0.05) is 0 Å². The van der Waals surface area contributed by atoms with Crippen LogP contribution < -0.4 is 0 Å². The predicted octanol–water partition coefficient (Wildman–Crippen LogP) is 3.77. The van der Waals surface area contributed by atoms with Crippen LogP contribution in [0.5, 0.6) is 0 Å². The molecule has 0 aliphatic heterocycles. The van der Waals surface area contributed by atoms with E-state index in [1.165, 1.54) is 16.8 Å². The highest BCUT2D eigenvalue weighted by Gasteiger charge is 2.20. The SMILES string of the molecule is Cc1nn(-c2ccc(F)cc2F)c(C)c1-c1nncc2ncccc12. The first-order chi connectivity index (χ1) is 12.1. The van der Waals surface area contributed by atoms with Gasteiger partial charge in [0, 0.05) is 23.2 Å². The van der Waals surface area contributed by atoms with Gasteiger partial charge in [-0.15, -0.1) is 5.10 Å². The standard InChI is InChI=1S/C18H13F2N5/c1-10-17(18-13-4-3-7-21-15(13)9-22-23-18)11(2)25(24-10)16-6-5-12(19)8-14(16)20/h3-9H,1-2H3. The lowest BCUT2D eigenvalue weighted by atomic mass is 10.1. The summed E-state index contributed by atoms with van der Waals surface area (Å²) in [7, 11) is 0. The van der Waals surface area contributed by atoms with Crippen molar-refractivity contribution in [3.8, 4) is 16.9 Å². The number of aryl methyl sites for hydroxylation is 1. The van der Waals surface area contributed by atoms with E-state index in [4.69, 9.17) is 0 Å². The van der Waals surface area contributed by atoms with Crippen LogP contribution in [0, 0.1) is 25.5 Å². The predicted molar refractivity (Wildman–Crippen MR) is 89.3 cm³/mol. The average molecular weight is 337 g/mol. The molecule has 0 aliphatic carbocycles. The van der Waals surface area contributed by atoms with E-state index in [-0.39, 0.29) is 5.69 Å². The van der Waals surface area contributed by atoms with Crippen LogP contribution in [0.3, 0.4) is 0 Å². The fraction of sp³-hybridized carbons (Fsp3) is 0.111. The van der Waals surface area contributed by atoms with Gasteiger partial charge in [0.2, 0.25) is 0 Å². The zero-order chi connectivity index (χ0) is 17.6. The minimum Gasteiger partial charge on any atom is -0.254 e. The van der Waals surface area contributed by atoms with Crippen molar-refractivity contribution in [3.63, 3.8) is 0 Å². The Bertz CT molecular complexity index is 1100. The summed E-state index contributed by atoms with van der Waals surface area (Å²) in [5.74, 6) is -1.31. The van der Waals surface area contributed by atoms with E-state index in [1.807, 2.05) is 26.0 Å². The lowest BCUT2D eigenvalue weighted by Gasteiger charge is -2.07. The highest BCUT2D eigenvalue weighted by atomic mass is 19.1. The van der Waals surface area contributed by atoms with Gasteiger partial charge in [-0.2, -0.15) is 10.2 Å². The normalized spacial score (nSPS) is 11.2. The van der Waals surface area contributed by atoms with Crippen LogP contribution in [0.2, 0.25) is 0 Å². The van der Waals surface area contributed by atoms with Gasteiger partial charge in [0.05, 0.1) is 23.1 Å². The summed E-state index contributed by atoms with van der Waals surface area (Å²) in [6.07, 6.45) is 3.28. The number of hydrogen-bond donors (Lipinski definition) is 0. The van der Waals surface area contributed by atoms with Crippen molar-refractivity contribution in [1.82, 2.24) is 25.0 Å². The maximum Gasteiger partial charge on any atom is 0.151 e. The Morgan fingerprint density at radius 3 is 2.72 bits per heavy atom. The third kappa shape index (κ3) is 2.44. The molecule has 3 heterocycles. The third-order valence-electron chi connectivity index (χ3n) is 4.10. The molecule has 0 aliphatic rings. The average Bonchev–Trinajstić information content (AvgIpc) is 2.89. The van der Waals surface area contributed by atoms with E-state index in [2.05, 4.69) is 20.3 Å². The Kier molecular flexibility index (Phi) is 3.49. The van der Waals surface area contributed by atoms with Crippen LogP contribution in [0.25, 0.3) is 27.8 Å². The Labute approximate surface area is 142 Å². The van der Waals surface area contributed by atoms with Gasteiger partial charge in [-0.25, -0.2) is 13.5 Å². The van der Waals surface area contributed by atoms with E-state index < -0.39 is 11.6 Å². The van der Waals surface area contributed by atoms with Gasteiger partial charge < -0.3 is 0 Å². The first kappa shape index (κ1) is 15.3. The van der Waals surface area contributed by atoms with Crippen molar-refractivity contribution in [1.29, 1.82) is 0 Å². The molecule has 25 heavy (non-hydrogen) atoms.